The lowest BCUT2D eigenvalue weighted by Gasteiger charge is -2.35. The number of para-hydroxylation sites is 1. The molecule has 0 spiro atoms. The molecule has 1 aliphatic rings. The van der Waals surface area contributed by atoms with Crippen molar-refractivity contribution >= 4 is 17.0 Å². The molecule has 104 valence electrons. The van der Waals surface area contributed by atoms with Crippen LogP contribution in [0.1, 0.15) is 19.4 Å². The number of nitro benzene ring substituents is 1. The van der Waals surface area contributed by atoms with E-state index in [1.54, 1.807) is 22.5 Å². The van der Waals surface area contributed by atoms with Gasteiger partial charge >= 0.3 is 0 Å². The molecular weight excluding hydrogens is 268 g/mol. The molecule has 2 rings (SSSR count). The summed E-state index contributed by atoms with van der Waals surface area (Å²) in [6.45, 7) is 5.26. The standard InChI is InChI=1S/C12H16N2O4S/c1-12(2)8-13(19(17)18-9-12)7-10-5-3-4-6-11(10)14(15)16/h3-6H,7-9H2,1-2H3. The molecule has 19 heavy (non-hydrogen) atoms. The van der Waals surface area contributed by atoms with E-state index in [1.165, 1.54) is 6.07 Å². The van der Waals surface area contributed by atoms with E-state index in [1.807, 2.05) is 13.8 Å². The summed E-state index contributed by atoms with van der Waals surface area (Å²) in [5, 5.41) is 11.0. The van der Waals surface area contributed by atoms with Crippen molar-refractivity contribution in [2.45, 2.75) is 20.4 Å². The molecule has 1 aliphatic heterocycles. The Labute approximate surface area is 114 Å². The first-order valence-corrected chi connectivity index (χ1v) is 6.95. The van der Waals surface area contributed by atoms with Gasteiger partial charge in [-0.3, -0.25) is 14.3 Å². The Balaban J connectivity index is 2.21. The van der Waals surface area contributed by atoms with Gasteiger partial charge in [0.25, 0.3) is 5.69 Å². The second-order valence-corrected chi connectivity index (χ2v) is 6.51. The van der Waals surface area contributed by atoms with Crippen LogP contribution in [0, 0.1) is 15.5 Å². The number of hydrogen-bond acceptors (Lipinski definition) is 4. The molecule has 0 bridgehead atoms. The van der Waals surface area contributed by atoms with Crippen molar-refractivity contribution in [2.75, 3.05) is 13.2 Å². The lowest BCUT2D eigenvalue weighted by Crippen LogP contribution is -2.44. The van der Waals surface area contributed by atoms with Gasteiger partial charge in [0.05, 0.1) is 11.5 Å². The third-order valence-electron chi connectivity index (χ3n) is 2.90. The molecule has 0 aromatic heterocycles. The zero-order valence-corrected chi connectivity index (χ0v) is 11.7. The summed E-state index contributed by atoms with van der Waals surface area (Å²) in [5.74, 6) is 0. The van der Waals surface area contributed by atoms with Crippen molar-refractivity contribution in [1.29, 1.82) is 0 Å². The maximum absolute atomic E-state index is 11.8. The second-order valence-electron chi connectivity index (χ2n) is 5.33. The molecule has 0 aliphatic carbocycles. The zero-order chi connectivity index (χ0) is 14.0. The molecule has 1 aromatic rings. The van der Waals surface area contributed by atoms with Crippen LogP contribution in [-0.2, 0) is 22.0 Å². The van der Waals surface area contributed by atoms with Gasteiger partial charge in [-0.15, -0.1) is 0 Å². The molecule has 1 saturated heterocycles. The van der Waals surface area contributed by atoms with E-state index in [0.29, 0.717) is 18.7 Å². The monoisotopic (exact) mass is 284 g/mol. The highest BCUT2D eigenvalue weighted by atomic mass is 32.2. The molecule has 0 saturated carbocycles. The summed E-state index contributed by atoms with van der Waals surface area (Å²) in [4.78, 5) is 10.5. The fraction of sp³-hybridized carbons (Fsp3) is 0.500. The van der Waals surface area contributed by atoms with E-state index >= 15 is 0 Å². The van der Waals surface area contributed by atoms with E-state index in [0.717, 1.165) is 0 Å². The maximum atomic E-state index is 11.8. The van der Waals surface area contributed by atoms with Crippen molar-refractivity contribution in [3.63, 3.8) is 0 Å². The number of nitro groups is 1. The van der Waals surface area contributed by atoms with Crippen LogP contribution in [-0.4, -0.2) is 26.6 Å². The molecule has 6 nitrogen and oxygen atoms in total. The first-order valence-electron chi connectivity index (χ1n) is 5.91. The Morgan fingerprint density at radius 2 is 2.16 bits per heavy atom. The van der Waals surface area contributed by atoms with Gasteiger partial charge in [0, 0.05) is 30.1 Å². The Kier molecular flexibility index (Phi) is 3.98. The molecule has 1 atom stereocenters. The van der Waals surface area contributed by atoms with Crippen LogP contribution in [0.25, 0.3) is 0 Å². The minimum absolute atomic E-state index is 0.0443. The van der Waals surface area contributed by atoms with Crippen molar-refractivity contribution in [1.82, 2.24) is 4.31 Å². The van der Waals surface area contributed by atoms with Crippen LogP contribution in [0.3, 0.4) is 0 Å². The average Bonchev–Trinajstić information content (AvgIpc) is 2.34. The molecule has 1 aromatic carbocycles. The molecule has 1 unspecified atom stereocenters. The first-order chi connectivity index (χ1) is 8.89. The van der Waals surface area contributed by atoms with Gasteiger partial charge in [-0.2, -0.15) is 4.31 Å². The molecule has 0 N–H and O–H groups in total. The van der Waals surface area contributed by atoms with Crippen molar-refractivity contribution in [3.8, 4) is 0 Å². The highest BCUT2D eigenvalue weighted by Crippen LogP contribution is 2.28. The quantitative estimate of drug-likeness (QED) is 0.629. The Bertz CT molecular complexity index is 518. The van der Waals surface area contributed by atoms with E-state index in [-0.39, 0.29) is 17.6 Å². The van der Waals surface area contributed by atoms with E-state index in [9.17, 15) is 14.3 Å². The summed E-state index contributed by atoms with van der Waals surface area (Å²) >= 11 is -1.54. The summed E-state index contributed by atoms with van der Waals surface area (Å²) in [5.41, 5.74) is 0.474. The smallest absolute Gasteiger partial charge is 0.273 e. The van der Waals surface area contributed by atoms with Gasteiger partial charge in [-0.05, 0) is 0 Å². The van der Waals surface area contributed by atoms with Crippen LogP contribution in [0.15, 0.2) is 24.3 Å². The zero-order valence-electron chi connectivity index (χ0n) is 10.9. The SMILES string of the molecule is CC1(C)COS(=O)N(Cc2ccccc2[N+](=O)[O-])C1. The minimum atomic E-state index is -1.54. The summed E-state index contributed by atoms with van der Waals surface area (Å²) in [6, 6.07) is 6.49. The fourth-order valence-corrected chi connectivity index (χ4v) is 3.25. The Morgan fingerprint density at radius 3 is 2.84 bits per heavy atom. The van der Waals surface area contributed by atoms with Gasteiger partial charge in [0.15, 0.2) is 0 Å². The van der Waals surface area contributed by atoms with Crippen LogP contribution in [0.2, 0.25) is 0 Å². The predicted octanol–water partition coefficient (Wildman–Crippen LogP) is 2.03. The number of nitrogens with zero attached hydrogens (tertiary/aromatic N) is 2. The van der Waals surface area contributed by atoms with Crippen molar-refractivity contribution in [3.05, 3.63) is 39.9 Å². The van der Waals surface area contributed by atoms with E-state index < -0.39 is 16.2 Å². The Morgan fingerprint density at radius 1 is 1.47 bits per heavy atom. The molecule has 1 heterocycles. The largest absolute Gasteiger partial charge is 0.277 e. The maximum Gasteiger partial charge on any atom is 0.273 e. The first kappa shape index (κ1) is 14.1. The fourth-order valence-electron chi connectivity index (χ4n) is 1.98. The third kappa shape index (κ3) is 3.37. The average molecular weight is 284 g/mol. The number of benzene rings is 1. The van der Waals surface area contributed by atoms with Gasteiger partial charge in [0.2, 0.25) is 11.3 Å². The van der Waals surface area contributed by atoms with E-state index in [4.69, 9.17) is 4.18 Å². The predicted molar refractivity (Wildman–Crippen MR) is 71.4 cm³/mol. The second kappa shape index (κ2) is 5.36. The topological polar surface area (TPSA) is 72.7 Å². The van der Waals surface area contributed by atoms with Crippen molar-refractivity contribution in [2.24, 2.45) is 5.41 Å². The van der Waals surface area contributed by atoms with Crippen LogP contribution in [0.4, 0.5) is 5.69 Å². The molecule has 0 radical (unpaired) electrons. The highest BCUT2D eigenvalue weighted by molar-refractivity contribution is 7.77. The van der Waals surface area contributed by atoms with Gasteiger partial charge in [-0.1, -0.05) is 32.0 Å². The summed E-state index contributed by atoms with van der Waals surface area (Å²) in [6.07, 6.45) is 0. The highest BCUT2D eigenvalue weighted by Gasteiger charge is 2.33. The molecule has 1 fully saturated rings. The van der Waals surface area contributed by atoms with Gasteiger partial charge in [-0.25, -0.2) is 4.21 Å². The number of hydrogen-bond donors (Lipinski definition) is 0. The normalized spacial score (nSPS) is 23.2. The van der Waals surface area contributed by atoms with Crippen molar-refractivity contribution < 1.29 is 13.3 Å². The van der Waals surface area contributed by atoms with Crippen LogP contribution >= 0.6 is 0 Å². The molecule has 0 amide bonds. The number of rotatable bonds is 3. The van der Waals surface area contributed by atoms with Gasteiger partial charge in [0.1, 0.15) is 0 Å². The summed E-state index contributed by atoms with van der Waals surface area (Å²) in [7, 11) is 0. The lowest BCUT2D eigenvalue weighted by atomic mass is 9.95. The Hall–Kier alpha value is -1.31. The lowest BCUT2D eigenvalue weighted by molar-refractivity contribution is -0.385. The molecule has 7 heteroatoms. The molecular formula is C12H16N2O4S. The third-order valence-corrected chi connectivity index (χ3v) is 3.90. The minimum Gasteiger partial charge on any atom is -0.277 e. The van der Waals surface area contributed by atoms with Crippen LogP contribution < -0.4 is 0 Å². The van der Waals surface area contributed by atoms with E-state index in [2.05, 4.69) is 0 Å². The summed E-state index contributed by atoms with van der Waals surface area (Å²) < 4.78 is 18.6. The van der Waals surface area contributed by atoms with Gasteiger partial charge < -0.3 is 0 Å². The van der Waals surface area contributed by atoms with Crippen LogP contribution in [0.5, 0.6) is 0 Å².